The molecule has 6 nitrogen and oxygen atoms in total. The van der Waals surface area contributed by atoms with E-state index >= 15 is 0 Å². The monoisotopic (exact) mass is 311 g/mol. The Morgan fingerprint density at radius 1 is 1.52 bits per heavy atom. The van der Waals surface area contributed by atoms with E-state index in [4.69, 9.17) is 15.2 Å². The summed E-state index contributed by atoms with van der Waals surface area (Å²) in [6.45, 7) is 2.05. The Balaban J connectivity index is 2.01. The van der Waals surface area contributed by atoms with Crippen molar-refractivity contribution in [1.82, 2.24) is 9.97 Å². The van der Waals surface area contributed by atoms with E-state index in [1.54, 1.807) is 25.8 Å². The predicted octanol–water partition coefficient (Wildman–Crippen LogP) is 2.29. The van der Waals surface area contributed by atoms with Crippen molar-refractivity contribution in [2.75, 3.05) is 19.5 Å². The average molecular weight is 311 g/mol. The molecule has 0 aromatic carbocycles. The summed E-state index contributed by atoms with van der Waals surface area (Å²) in [7, 11) is 1.75. The summed E-state index contributed by atoms with van der Waals surface area (Å²) in [6, 6.07) is 0. The van der Waals surface area contributed by atoms with Crippen LogP contribution in [-0.2, 0) is 9.47 Å². The number of nitrogen functional groups attached to an aromatic ring is 1. The van der Waals surface area contributed by atoms with Gasteiger partial charge in [-0.25, -0.2) is 14.8 Å². The van der Waals surface area contributed by atoms with E-state index in [1.807, 2.05) is 0 Å². The predicted molar refractivity (Wildman–Crippen MR) is 81.3 cm³/mol. The number of aromatic nitrogens is 2. The molecule has 0 spiro atoms. The van der Waals surface area contributed by atoms with Gasteiger partial charge in [-0.05, 0) is 32.6 Å². The van der Waals surface area contributed by atoms with E-state index in [-0.39, 0.29) is 11.4 Å². The minimum Gasteiger partial charge on any atom is -0.462 e. The highest BCUT2D eigenvalue weighted by atomic mass is 32.2. The van der Waals surface area contributed by atoms with Gasteiger partial charge < -0.3 is 15.2 Å². The standard InChI is InChI=1S/C14H21N3O3S/c1-3-20-13(18)11-8-16-14(17-12(11)15)21-10-6-4-5-9(7-10)19-2/h8-10H,3-7H2,1-2H3,(H2,15,16,17). The maximum atomic E-state index is 11.6. The summed E-state index contributed by atoms with van der Waals surface area (Å²) in [5.41, 5.74) is 6.04. The van der Waals surface area contributed by atoms with Gasteiger partial charge in [0.25, 0.3) is 0 Å². The Kier molecular flexibility index (Phi) is 5.81. The zero-order chi connectivity index (χ0) is 15.2. The molecule has 2 atom stereocenters. The van der Waals surface area contributed by atoms with Gasteiger partial charge in [0.05, 0.1) is 12.7 Å². The number of thioether (sulfide) groups is 1. The number of esters is 1. The summed E-state index contributed by atoms with van der Waals surface area (Å²) in [5, 5.41) is 1.03. The average Bonchev–Trinajstić information content (AvgIpc) is 2.47. The van der Waals surface area contributed by atoms with E-state index in [2.05, 4.69) is 9.97 Å². The molecule has 116 valence electrons. The lowest BCUT2D eigenvalue weighted by molar-refractivity contribution is 0.0526. The fourth-order valence-corrected chi connectivity index (χ4v) is 3.53. The molecule has 0 aliphatic heterocycles. The molecule has 1 fully saturated rings. The molecule has 1 aliphatic carbocycles. The van der Waals surface area contributed by atoms with Gasteiger partial charge in [0.1, 0.15) is 11.4 Å². The summed E-state index contributed by atoms with van der Waals surface area (Å²) in [4.78, 5) is 20.1. The summed E-state index contributed by atoms with van der Waals surface area (Å²) in [5.74, 6) is -0.311. The molecule has 0 saturated heterocycles. The Morgan fingerprint density at radius 3 is 3.00 bits per heavy atom. The normalized spacial score (nSPS) is 22.0. The topological polar surface area (TPSA) is 87.3 Å². The van der Waals surface area contributed by atoms with E-state index in [1.165, 1.54) is 6.20 Å². The number of methoxy groups -OCH3 is 1. The molecular formula is C14H21N3O3S. The van der Waals surface area contributed by atoms with Crippen LogP contribution in [0.3, 0.4) is 0 Å². The molecule has 2 rings (SSSR count). The van der Waals surface area contributed by atoms with Crippen LogP contribution in [-0.4, -0.2) is 41.0 Å². The third kappa shape index (κ3) is 4.31. The van der Waals surface area contributed by atoms with Gasteiger partial charge in [0, 0.05) is 18.6 Å². The molecule has 2 unspecified atom stereocenters. The largest absolute Gasteiger partial charge is 0.462 e. The van der Waals surface area contributed by atoms with Crippen LogP contribution in [0.15, 0.2) is 11.4 Å². The second-order valence-corrected chi connectivity index (χ2v) is 6.20. The number of hydrogen-bond donors (Lipinski definition) is 1. The van der Waals surface area contributed by atoms with Crippen molar-refractivity contribution in [2.24, 2.45) is 0 Å². The first-order chi connectivity index (χ1) is 10.1. The fraction of sp³-hybridized carbons (Fsp3) is 0.643. The quantitative estimate of drug-likeness (QED) is 0.659. The summed E-state index contributed by atoms with van der Waals surface area (Å²) in [6.07, 6.45) is 6.12. The first-order valence-electron chi connectivity index (χ1n) is 7.13. The smallest absolute Gasteiger partial charge is 0.343 e. The number of nitrogens with two attached hydrogens (primary N) is 1. The maximum Gasteiger partial charge on any atom is 0.343 e. The fourth-order valence-electron chi connectivity index (χ4n) is 2.37. The molecule has 7 heteroatoms. The molecule has 1 heterocycles. The molecule has 0 radical (unpaired) electrons. The summed E-state index contributed by atoms with van der Waals surface area (Å²) < 4.78 is 10.3. The highest BCUT2D eigenvalue weighted by Crippen LogP contribution is 2.33. The lowest BCUT2D eigenvalue weighted by atomic mass is 9.97. The second-order valence-electron chi connectivity index (χ2n) is 4.94. The van der Waals surface area contributed by atoms with Crippen LogP contribution in [0, 0.1) is 0 Å². The minimum absolute atomic E-state index is 0.171. The maximum absolute atomic E-state index is 11.6. The van der Waals surface area contributed by atoms with Crippen molar-refractivity contribution < 1.29 is 14.3 Å². The van der Waals surface area contributed by atoms with E-state index in [0.29, 0.717) is 23.1 Å². The lowest BCUT2D eigenvalue weighted by Gasteiger charge is -2.27. The first-order valence-corrected chi connectivity index (χ1v) is 8.01. The van der Waals surface area contributed by atoms with Gasteiger partial charge >= 0.3 is 5.97 Å². The number of rotatable bonds is 5. The number of ether oxygens (including phenoxy) is 2. The zero-order valence-electron chi connectivity index (χ0n) is 12.4. The van der Waals surface area contributed by atoms with Crippen LogP contribution < -0.4 is 5.73 Å². The number of nitrogens with zero attached hydrogens (tertiary/aromatic N) is 2. The van der Waals surface area contributed by atoms with Gasteiger partial charge in [0.15, 0.2) is 5.16 Å². The molecule has 21 heavy (non-hydrogen) atoms. The Bertz CT molecular complexity index is 498. The van der Waals surface area contributed by atoms with Gasteiger partial charge in [-0.3, -0.25) is 0 Å². The molecule has 0 amide bonds. The van der Waals surface area contributed by atoms with Crippen LogP contribution in [0.5, 0.6) is 0 Å². The Morgan fingerprint density at radius 2 is 2.33 bits per heavy atom. The van der Waals surface area contributed by atoms with Crippen molar-refractivity contribution >= 4 is 23.5 Å². The van der Waals surface area contributed by atoms with E-state index < -0.39 is 5.97 Å². The summed E-state index contributed by atoms with van der Waals surface area (Å²) >= 11 is 1.60. The third-order valence-electron chi connectivity index (χ3n) is 3.47. The van der Waals surface area contributed by atoms with Crippen molar-refractivity contribution in [3.05, 3.63) is 11.8 Å². The number of carbonyl (C=O) groups is 1. The molecular weight excluding hydrogens is 290 g/mol. The van der Waals surface area contributed by atoms with Crippen molar-refractivity contribution in [1.29, 1.82) is 0 Å². The van der Waals surface area contributed by atoms with E-state index in [9.17, 15) is 4.79 Å². The van der Waals surface area contributed by atoms with Crippen LogP contribution >= 0.6 is 11.8 Å². The Hall–Kier alpha value is -1.34. The van der Waals surface area contributed by atoms with Gasteiger partial charge in [-0.2, -0.15) is 0 Å². The first kappa shape index (κ1) is 16.0. The number of hydrogen-bond acceptors (Lipinski definition) is 7. The van der Waals surface area contributed by atoms with Crippen LogP contribution in [0.25, 0.3) is 0 Å². The van der Waals surface area contributed by atoms with Gasteiger partial charge in [-0.1, -0.05) is 11.8 Å². The molecule has 0 bridgehead atoms. The molecule has 1 saturated carbocycles. The van der Waals surface area contributed by atoms with Crippen LogP contribution in [0.1, 0.15) is 43.0 Å². The number of anilines is 1. The van der Waals surface area contributed by atoms with Gasteiger partial charge in [-0.15, -0.1) is 0 Å². The Labute approximate surface area is 128 Å². The molecule has 1 aromatic rings. The lowest BCUT2D eigenvalue weighted by Crippen LogP contribution is -2.23. The zero-order valence-corrected chi connectivity index (χ0v) is 13.2. The highest BCUT2D eigenvalue weighted by Gasteiger charge is 2.24. The van der Waals surface area contributed by atoms with Crippen molar-refractivity contribution in [3.63, 3.8) is 0 Å². The van der Waals surface area contributed by atoms with Crippen molar-refractivity contribution in [3.8, 4) is 0 Å². The van der Waals surface area contributed by atoms with E-state index in [0.717, 1.165) is 25.7 Å². The molecule has 1 aliphatic rings. The highest BCUT2D eigenvalue weighted by molar-refractivity contribution is 7.99. The molecule has 2 N–H and O–H groups in total. The SMILES string of the molecule is CCOC(=O)c1cnc(SC2CCCC(OC)C2)nc1N. The second kappa shape index (κ2) is 7.61. The van der Waals surface area contributed by atoms with Crippen LogP contribution in [0.4, 0.5) is 5.82 Å². The van der Waals surface area contributed by atoms with Gasteiger partial charge in [0.2, 0.25) is 0 Å². The third-order valence-corrected chi connectivity index (χ3v) is 4.64. The molecule has 1 aromatic heterocycles. The minimum atomic E-state index is -0.483. The van der Waals surface area contributed by atoms with Crippen molar-refractivity contribution in [2.45, 2.75) is 49.1 Å². The number of carbonyl (C=O) groups excluding carboxylic acids is 1. The van der Waals surface area contributed by atoms with Crippen LogP contribution in [0.2, 0.25) is 0 Å².